The molecule has 7 nitrogen and oxygen atoms in total. The highest BCUT2D eigenvalue weighted by Crippen LogP contribution is 2.35. The summed E-state index contributed by atoms with van der Waals surface area (Å²) in [6, 6.07) is 10.8. The van der Waals surface area contributed by atoms with Gasteiger partial charge in [0.15, 0.2) is 0 Å². The van der Waals surface area contributed by atoms with E-state index in [1.54, 1.807) is 30.3 Å². The SMILES string of the molecule is COc1cc(S(=O)(=O)O)c(OC)cc1NC(=O)c1ccccc1. The number of nitrogens with one attached hydrogen (secondary N) is 1. The monoisotopic (exact) mass is 337 g/mol. The average molecular weight is 337 g/mol. The van der Waals surface area contributed by atoms with Crippen LogP contribution in [0.5, 0.6) is 11.5 Å². The van der Waals surface area contributed by atoms with Crippen molar-refractivity contribution >= 4 is 21.7 Å². The molecule has 0 unspecified atom stereocenters. The van der Waals surface area contributed by atoms with Crippen LogP contribution in [0.1, 0.15) is 10.4 Å². The van der Waals surface area contributed by atoms with Crippen molar-refractivity contribution in [2.45, 2.75) is 4.90 Å². The van der Waals surface area contributed by atoms with Gasteiger partial charge in [0.1, 0.15) is 16.4 Å². The van der Waals surface area contributed by atoms with E-state index in [-0.39, 0.29) is 17.2 Å². The first kappa shape index (κ1) is 16.8. The van der Waals surface area contributed by atoms with E-state index in [4.69, 9.17) is 9.47 Å². The zero-order chi connectivity index (χ0) is 17.0. The Labute approximate surface area is 133 Å². The molecule has 0 aliphatic heterocycles. The van der Waals surface area contributed by atoms with E-state index in [9.17, 15) is 17.8 Å². The van der Waals surface area contributed by atoms with Crippen molar-refractivity contribution in [2.24, 2.45) is 0 Å². The second-order valence-electron chi connectivity index (χ2n) is 4.50. The zero-order valence-electron chi connectivity index (χ0n) is 12.4. The Bertz CT molecular complexity index is 817. The summed E-state index contributed by atoms with van der Waals surface area (Å²) in [5.41, 5.74) is 0.637. The molecule has 2 aromatic carbocycles. The highest BCUT2D eigenvalue weighted by molar-refractivity contribution is 7.86. The van der Waals surface area contributed by atoms with Gasteiger partial charge in [-0.15, -0.1) is 0 Å². The molecule has 2 N–H and O–H groups in total. The Morgan fingerprint density at radius 2 is 1.65 bits per heavy atom. The van der Waals surface area contributed by atoms with Crippen LogP contribution in [0.2, 0.25) is 0 Å². The van der Waals surface area contributed by atoms with Crippen LogP contribution in [-0.2, 0) is 10.1 Å². The number of methoxy groups -OCH3 is 2. The minimum atomic E-state index is -4.49. The number of hydrogen-bond donors (Lipinski definition) is 2. The van der Waals surface area contributed by atoms with Crippen LogP contribution in [0, 0.1) is 0 Å². The third-order valence-electron chi connectivity index (χ3n) is 3.05. The standard InChI is InChI=1S/C15H15NO6S/c1-21-12-9-14(23(18,19)20)13(22-2)8-11(12)16-15(17)10-6-4-3-5-7-10/h3-9H,1-2H3,(H,16,17)(H,18,19,20). The Kier molecular flexibility index (Phi) is 4.87. The Morgan fingerprint density at radius 1 is 1.04 bits per heavy atom. The van der Waals surface area contributed by atoms with E-state index in [0.29, 0.717) is 5.56 Å². The Hall–Kier alpha value is -2.58. The topological polar surface area (TPSA) is 102 Å². The second kappa shape index (κ2) is 6.67. The largest absolute Gasteiger partial charge is 0.495 e. The molecule has 23 heavy (non-hydrogen) atoms. The molecule has 0 bridgehead atoms. The quantitative estimate of drug-likeness (QED) is 0.811. The van der Waals surface area contributed by atoms with Gasteiger partial charge in [0, 0.05) is 17.7 Å². The fourth-order valence-corrected chi connectivity index (χ4v) is 2.61. The van der Waals surface area contributed by atoms with Crippen LogP contribution in [0.15, 0.2) is 47.4 Å². The summed E-state index contributed by atoms with van der Waals surface area (Å²) < 4.78 is 42.0. The normalized spacial score (nSPS) is 10.9. The molecule has 0 fully saturated rings. The lowest BCUT2D eigenvalue weighted by molar-refractivity contribution is 0.102. The van der Waals surface area contributed by atoms with Crippen LogP contribution < -0.4 is 14.8 Å². The molecule has 8 heteroatoms. The van der Waals surface area contributed by atoms with Crippen LogP contribution >= 0.6 is 0 Å². The maximum absolute atomic E-state index is 12.2. The van der Waals surface area contributed by atoms with Gasteiger partial charge in [0.2, 0.25) is 0 Å². The van der Waals surface area contributed by atoms with Gasteiger partial charge in [-0.05, 0) is 12.1 Å². The van der Waals surface area contributed by atoms with E-state index in [1.807, 2.05) is 0 Å². The fourth-order valence-electron chi connectivity index (χ4n) is 1.95. The second-order valence-corrected chi connectivity index (χ2v) is 5.89. The molecule has 0 heterocycles. The van der Waals surface area contributed by atoms with E-state index < -0.39 is 20.9 Å². The first-order valence-electron chi connectivity index (χ1n) is 6.46. The first-order chi connectivity index (χ1) is 10.9. The first-order valence-corrected chi connectivity index (χ1v) is 7.90. The van der Waals surface area contributed by atoms with Crippen LogP contribution in [0.4, 0.5) is 5.69 Å². The summed E-state index contributed by atoms with van der Waals surface area (Å²) in [4.78, 5) is 11.7. The molecule has 0 aromatic heterocycles. The van der Waals surface area contributed by atoms with E-state index >= 15 is 0 Å². The molecule has 0 aliphatic carbocycles. The van der Waals surface area contributed by atoms with Crippen molar-refractivity contribution in [3.05, 3.63) is 48.0 Å². The van der Waals surface area contributed by atoms with Crippen molar-refractivity contribution in [1.29, 1.82) is 0 Å². The lowest BCUT2D eigenvalue weighted by Gasteiger charge is -2.14. The number of ether oxygens (including phenoxy) is 2. The van der Waals surface area contributed by atoms with Gasteiger partial charge in [-0.2, -0.15) is 8.42 Å². The lowest BCUT2D eigenvalue weighted by Crippen LogP contribution is -2.13. The fraction of sp³-hybridized carbons (Fsp3) is 0.133. The number of rotatable bonds is 5. The maximum Gasteiger partial charge on any atom is 0.298 e. The summed E-state index contributed by atoms with van der Waals surface area (Å²) in [5, 5.41) is 2.61. The Balaban J connectivity index is 2.45. The number of anilines is 1. The molecule has 0 radical (unpaired) electrons. The van der Waals surface area contributed by atoms with Gasteiger partial charge >= 0.3 is 0 Å². The molecule has 0 saturated carbocycles. The average Bonchev–Trinajstić information content (AvgIpc) is 2.54. The summed E-state index contributed by atoms with van der Waals surface area (Å²) in [6.07, 6.45) is 0. The molecule has 0 spiro atoms. The molecule has 0 saturated heterocycles. The molecule has 2 aromatic rings. The summed E-state index contributed by atoms with van der Waals surface area (Å²) in [7, 11) is -1.93. The van der Waals surface area contributed by atoms with Crippen molar-refractivity contribution in [3.8, 4) is 11.5 Å². The van der Waals surface area contributed by atoms with E-state index in [0.717, 1.165) is 6.07 Å². The third kappa shape index (κ3) is 3.79. The maximum atomic E-state index is 12.2. The highest BCUT2D eigenvalue weighted by Gasteiger charge is 2.21. The van der Waals surface area contributed by atoms with Gasteiger partial charge in [0.05, 0.1) is 19.9 Å². The number of carbonyl (C=O) groups is 1. The number of hydrogen-bond acceptors (Lipinski definition) is 5. The molecular formula is C15H15NO6S. The van der Waals surface area contributed by atoms with E-state index in [2.05, 4.69) is 5.32 Å². The minimum Gasteiger partial charge on any atom is -0.495 e. The van der Waals surface area contributed by atoms with Gasteiger partial charge in [-0.1, -0.05) is 18.2 Å². The van der Waals surface area contributed by atoms with Crippen molar-refractivity contribution < 1.29 is 27.2 Å². The van der Waals surface area contributed by atoms with Gasteiger partial charge in [0.25, 0.3) is 16.0 Å². The predicted molar refractivity (Wildman–Crippen MR) is 83.8 cm³/mol. The number of amides is 1. The number of benzene rings is 2. The summed E-state index contributed by atoms with van der Waals surface area (Å²) in [6.45, 7) is 0. The summed E-state index contributed by atoms with van der Waals surface area (Å²) >= 11 is 0. The van der Waals surface area contributed by atoms with Crippen LogP contribution in [0.3, 0.4) is 0 Å². The van der Waals surface area contributed by atoms with E-state index in [1.165, 1.54) is 20.3 Å². The highest BCUT2D eigenvalue weighted by atomic mass is 32.2. The van der Waals surface area contributed by atoms with Crippen molar-refractivity contribution in [3.63, 3.8) is 0 Å². The van der Waals surface area contributed by atoms with Gasteiger partial charge in [-0.3, -0.25) is 9.35 Å². The molecule has 0 atom stereocenters. The van der Waals surface area contributed by atoms with Crippen LogP contribution in [0.25, 0.3) is 0 Å². The third-order valence-corrected chi connectivity index (χ3v) is 3.92. The predicted octanol–water partition coefficient (Wildman–Crippen LogP) is 2.20. The molecule has 122 valence electrons. The van der Waals surface area contributed by atoms with Crippen molar-refractivity contribution in [1.82, 2.24) is 0 Å². The smallest absolute Gasteiger partial charge is 0.298 e. The van der Waals surface area contributed by atoms with Gasteiger partial charge < -0.3 is 14.8 Å². The molecule has 2 rings (SSSR count). The van der Waals surface area contributed by atoms with Gasteiger partial charge in [-0.25, -0.2) is 0 Å². The Morgan fingerprint density at radius 3 is 2.17 bits per heavy atom. The molecule has 0 aliphatic rings. The molecule has 1 amide bonds. The minimum absolute atomic E-state index is 0.0720. The zero-order valence-corrected chi connectivity index (χ0v) is 13.3. The van der Waals surface area contributed by atoms with Crippen molar-refractivity contribution in [2.75, 3.05) is 19.5 Å². The lowest BCUT2D eigenvalue weighted by atomic mass is 10.2. The molecular weight excluding hydrogens is 322 g/mol. The number of carbonyl (C=O) groups excluding carboxylic acids is 1. The van der Waals surface area contributed by atoms with Crippen LogP contribution in [-0.4, -0.2) is 33.1 Å². The summed E-state index contributed by atoms with van der Waals surface area (Å²) in [5.74, 6) is -0.440.